The number of hydrogen-bond donors (Lipinski definition) is 0. The summed E-state index contributed by atoms with van der Waals surface area (Å²) in [5.74, 6) is 1.30. The highest BCUT2D eigenvalue weighted by Gasteiger charge is 2.43. The Morgan fingerprint density at radius 1 is 0.956 bits per heavy atom. The lowest BCUT2D eigenvalue weighted by atomic mass is 9.94. The lowest BCUT2D eigenvalue weighted by Crippen LogP contribution is -2.45. The van der Waals surface area contributed by atoms with Gasteiger partial charge < -0.3 is 38.4 Å². The Balaban J connectivity index is 1.52. The predicted molar refractivity (Wildman–Crippen MR) is 170 cm³/mol. The van der Waals surface area contributed by atoms with Gasteiger partial charge in [0.05, 0.1) is 20.3 Å². The second-order valence-corrected chi connectivity index (χ2v) is 13.9. The summed E-state index contributed by atoms with van der Waals surface area (Å²) in [5, 5.41) is 0. The maximum absolute atomic E-state index is 14.0. The van der Waals surface area contributed by atoms with E-state index >= 15 is 0 Å². The molecule has 3 fully saturated rings. The Labute approximate surface area is 268 Å². The van der Waals surface area contributed by atoms with Gasteiger partial charge >= 0.3 is 12.2 Å². The molecule has 0 N–H and O–H groups in total. The zero-order valence-electron chi connectivity index (χ0n) is 28.2. The van der Waals surface area contributed by atoms with Crippen LogP contribution in [0.3, 0.4) is 0 Å². The Hall–Kier alpha value is -3.21. The predicted octanol–water partition coefficient (Wildman–Crippen LogP) is 5.46. The van der Waals surface area contributed by atoms with E-state index in [-0.39, 0.29) is 42.0 Å². The minimum absolute atomic E-state index is 0.0452. The van der Waals surface area contributed by atoms with Crippen LogP contribution < -0.4 is 9.47 Å². The molecule has 0 radical (unpaired) electrons. The Bertz CT molecular complexity index is 1160. The van der Waals surface area contributed by atoms with E-state index in [0.717, 1.165) is 25.7 Å². The van der Waals surface area contributed by atoms with Crippen LogP contribution >= 0.6 is 0 Å². The van der Waals surface area contributed by atoms with Gasteiger partial charge in [-0.15, -0.1) is 0 Å². The smallest absolute Gasteiger partial charge is 0.410 e. The van der Waals surface area contributed by atoms with Gasteiger partial charge in [0.15, 0.2) is 11.5 Å². The van der Waals surface area contributed by atoms with Crippen molar-refractivity contribution in [1.82, 2.24) is 14.7 Å². The number of ether oxygens (including phenoxy) is 5. The molecule has 0 aromatic heterocycles. The molecule has 1 heterocycles. The fraction of sp³-hybridized carbons (Fsp3) is 0.735. The van der Waals surface area contributed by atoms with Crippen molar-refractivity contribution in [3.05, 3.63) is 23.8 Å². The molecular weight excluding hydrogens is 578 g/mol. The second-order valence-electron chi connectivity index (χ2n) is 13.9. The molecule has 11 heteroatoms. The van der Waals surface area contributed by atoms with Gasteiger partial charge in [-0.25, -0.2) is 9.59 Å². The maximum Gasteiger partial charge on any atom is 0.410 e. The molecule has 3 aliphatic rings. The third-order valence-corrected chi connectivity index (χ3v) is 8.50. The van der Waals surface area contributed by atoms with Crippen LogP contribution in [-0.4, -0.2) is 111 Å². The van der Waals surface area contributed by atoms with Crippen LogP contribution in [0.4, 0.5) is 9.59 Å². The quantitative estimate of drug-likeness (QED) is 0.235. The summed E-state index contributed by atoms with van der Waals surface area (Å²) in [5.41, 5.74) is -0.136. The number of likely N-dealkylation sites (tertiary alicyclic amines) is 1. The lowest BCUT2D eigenvalue weighted by Gasteiger charge is -2.33. The first-order valence-corrected chi connectivity index (χ1v) is 16.4. The minimum atomic E-state index is -0.630. The summed E-state index contributed by atoms with van der Waals surface area (Å²) in [6.07, 6.45) is 4.19. The van der Waals surface area contributed by atoms with E-state index in [1.807, 2.05) is 44.4 Å². The van der Waals surface area contributed by atoms with Crippen LogP contribution in [0.1, 0.15) is 77.1 Å². The van der Waals surface area contributed by atoms with E-state index in [1.54, 1.807) is 37.3 Å². The molecule has 1 aliphatic heterocycles. The summed E-state index contributed by atoms with van der Waals surface area (Å²) in [4.78, 5) is 45.8. The molecule has 1 aromatic carbocycles. The van der Waals surface area contributed by atoms with Crippen LogP contribution in [0.25, 0.3) is 0 Å². The molecule has 2 atom stereocenters. The van der Waals surface area contributed by atoms with Gasteiger partial charge in [-0.3, -0.25) is 4.79 Å². The summed E-state index contributed by atoms with van der Waals surface area (Å²) in [7, 11) is 3.22. The molecule has 11 nitrogen and oxygen atoms in total. The Kier molecular flexibility index (Phi) is 11.8. The molecule has 0 unspecified atom stereocenters. The Morgan fingerprint density at radius 3 is 2.22 bits per heavy atom. The number of rotatable bonds is 15. The van der Waals surface area contributed by atoms with Crippen LogP contribution in [-0.2, 0) is 14.2 Å². The first-order chi connectivity index (χ1) is 21.4. The third-order valence-electron chi connectivity index (χ3n) is 8.50. The van der Waals surface area contributed by atoms with E-state index in [9.17, 15) is 14.4 Å². The van der Waals surface area contributed by atoms with E-state index in [4.69, 9.17) is 23.7 Å². The average molecular weight is 632 g/mol. The molecule has 4 rings (SSSR count). The van der Waals surface area contributed by atoms with Gasteiger partial charge in [-0.05, 0) is 84.4 Å². The van der Waals surface area contributed by atoms with E-state index < -0.39 is 5.60 Å². The van der Waals surface area contributed by atoms with Crippen LogP contribution in [0, 0.1) is 17.8 Å². The molecule has 2 aliphatic carbocycles. The van der Waals surface area contributed by atoms with Gasteiger partial charge in [-0.1, -0.05) is 0 Å². The van der Waals surface area contributed by atoms with Crippen molar-refractivity contribution in [1.29, 1.82) is 0 Å². The largest absolute Gasteiger partial charge is 0.493 e. The second kappa shape index (κ2) is 15.4. The van der Waals surface area contributed by atoms with Gasteiger partial charge in [0.1, 0.15) is 5.60 Å². The topological polar surface area (TPSA) is 107 Å². The average Bonchev–Trinajstić information content (AvgIpc) is 3.93. The SMILES string of the molecule is COCCCOc1cc(C(=O)N(C[C@@H]2CN(C(=O)OC(C)(C)C)C[C@H]2CN(C(=O)OCC2CC2)C2CC2)C(C)C)ccc1OC. The first kappa shape index (κ1) is 34.7. The number of amides is 3. The maximum atomic E-state index is 14.0. The highest BCUT2D eigenvalue weighted by molar-refractivity contribution is 5.95. The summed E-state index contributed by atoms with van der Waals surface area (Å²) < 4.78 is 27.9. The zero-order valence-corrected chi connectivity index (χ0v) is 28.2. The normalized spacial score (nSPS) is 19.8. The Morgan fingerprint density at radius 2 is 1.64 bits per heavy atom. The van der Waals surface area contributed by atoms with Crippen molar-refractivity contribution in [3.63, 3.8) is 0 Å². The van der Waals surface area contributed by atoms with Gasteiger partial charge in [0.25, 0.3) is 5.91 Å². The summed E-state index contributed by atoms with van der Waals surface area (Å²) in [6, 6.07) is 5.29. The molecule has 0 bridgehead atoms. The molecule has 1 aromatic rings. The summed E-state index contributed by atoms with van der Waals surface area (Å²) >= 11 is 0. The van der Waals surface area contributed by atoms with Gasteiger partial charge in [0.2, 0.25) is 0 Å². The molecule has 0 spiro atoms. The number of benzene rings is 1. The monoisotopic (exact) mass is 631 g/mol. The van der Waals surface area contributed by atoms with Crippen LogP contribution in [0.2, 0.25) is 0 Å². The number of methoxy groups -OCH3 is 2. The van der Waals surface area contributed by atoms with Crippen molar-refractivity contribution in [3.8, 4) is 11.5 Å². The molecule has 3 amide bonds. The highest BCUT2D eigenvalue weighted by atomic mass is 16.6. The van der Waals surface area contributed by atoms with Crippen molar-refractivity contribution in [2.24, 2.45) is 17.8 Å². The molecule has 252 valence electrons. The number of carbonyl (C=O) groups excluding carboxylic acids is 3. The molecule has 1 saturated heterocycles. The van der Waals surface area contributed by atoms with Crippen molar-refractivity contribution in [2.75, 3.05) is 60.2 Å². The lowest BCUT2D eigenvalue weighted by molar-refractivity contribution is 0.0280. The van der Waals surface area contributed by atoms with Crippen molar-refractivity contribution < 1.29 is 38.1 Å². The minimum Gasteiger partial charge on any atom is -0.493 e. The van der Waals surface area contributed by atoms with Gasteiger partial charge in [-0.2, -0.15) is 0 Å². The fourth-order valence-corrected chi connectivity index (χ4v) is 5.65. The first-order valence-electron chi connectivity index (χ1n) is 16.4. The van der Waals surface area contributed by atoms with E-state index in [0.29, 0.717) is 75.4 Å². The number of hydrogen-bond acceptors (Lipinski definition) is 8. The van der Waals surface area contributed by atoms with Crippen LogP contribution in [0.5, 0.6) is 11.5 Å². The molecular formula is C34H53N3O8. The zero-order chi connectivity index (χ0) is 32.7. The number of nitrogens with zero attached hydrogens (tertiary/aromatic N) is 3. The van der Waals surface area contributed by atoms with Crippen molar-refractivity contribution in [2.45, 2.75) is 84.4 Å². The van der Waals surface area contributed by atoms with Crippen molar-refractivity contribution >= 4 is 18.1 Å². The molecule has 45 heavy (non-hydrogen) atoms. The van der Waals surface area contributed by atoms with Crippen LogP contribution in [0.15, 0.2) is 18.2 Å². The fourth-order valence-electron chi connectivity index (χ4n) is 5.65. The van der Waals surface area contributed by atoms with E-state index in [1.165, 1.54) is 0 Å². The third kappa shape index (κ3) is 10.1. The highest BCUT2D eigenvalue weighted by Crippen LogP contribution is 2.35. The molecule has 2 saturated carbocycles. The standard InChI is InChI=1S/C34H53N3O8/c1-23(2)36(31(38)25-11-14-29(42-7)30(17-25)43-16-8-15-41-6)20-26-18-35(32(39)45-34(3,4)5)19-27(26)21-37(28-12-13-28)33(40)44-22-24-9-10-24/h11,14,17,23-24,26-28H,8-10,12-13,15-16,18-22H2,1-7H3/t26-,27-/m0/s1. The van der Waals surface area contributed by atoms with Gasteiger partial charge in [0, 0.05) is 75.8 Å². The number of carbonyl (C=O) groups is 3. The van der Waals surface area contributed by atoms with E-state index in [2.05, 4.69) is 0 Å². The summed E-state index contributed by atoms with van der Waals surface area (Å²) in [6.45, 7) is 12.8.